The van der Waals surface area contributed by atoms with E-state index in [4.69, 9.17) is 4.98 Å². The molecule has 0 aliphatic heterocycles. The molecule has 0 aliphatic carbocycles. The number of hydrogen-bond donors (Lipinski definition) is 1. The zero-order valence-corrected chi connectivity index (χ0v) is 15.1. The van der Waals surface area contributed by atoms with Crippen LogP contribution in [0.1, 0.15) is 43.1 Å². The van der Waals surface area contributed by atoms with Gasteiger partial charge < -0.3 is 5.32 Å². The van der Waals surface area contributed by atoms with Crippen LogP contribution in [-0.2, 0) is 11.8 Å². The molecule has 1 N–H and O–H groups in total. The van der Waals surface area contributed by atoms with E-state index in [1.807, 2.05) is 7.05 Å². The second-order valence-corrected chi connectivity index (χ2v) is 7.88. The fraction of sp³-hybridized carbons (Fsp3) is 0.438. The van der Waals surface area contributed by atoms with Crippen LogP contribution in [0.2, 0.25) is 0 Å². The Kier molecular flexibility index (Phi) is 5.17. The van der Waals surface area contributed by atoms with Crippen LogP contribution in [0.25, 0.3) is 0 Å². The van der Waals surface area contributed by atoms with Gasteiger partial charge in [0.15, 0.2) is 0 Å². The van der Waals surface area contributed by atoms with Crippen LogP contribution >= 0.6 is 27.3 Å². The van der Waals surface area contributed by atoms with Crippen LogP contribution in [0.4, 0.5) is 4.39 Å². The summed E-state index contributed by atoms with van der Waals surface area (Å²) < 4.78 is 14.4. The molecule has 0 saturated carbocycles. The first-order valence-corrected chi connectivity index (χ1v) is 8.55. The van der Waals surface area contributed by atoms with Gasteiger partial charge in [0.2, 0.25) is 0 Å². The molecule has 114 valence electrons. The SMILES string of the molecule is CNC(Cc1nc(C(C)(C)C)cs1)c1cc(F)ccc1Br. The third-order valence-corrected chi connectivity index (χ3v) is 4.97. The summed E-state index contributed by atoms with van der Waals surface area (Å²) in [5.74, 6) is -0.219. The van der Waals surface area contributed by atoms with Crippen LogP contribution in [0.5, 0.6) is 0 Å². The Labute approximate surface area is 137 Å². The van der Waals surface area contributed by atoms with Gasteiger partial charge >= 0.3 is 0 Å². The smallest absolute Gasteiger partial charge is 0.123 e. The molecule has 2 aromatic rings. The van der Waals surface area contributed by atoms with Gasteiger partial charge in [-0.15, -0.1) is 11.3 Å². The highest BCUT2D eigenvalue weighted by Crippen LogP contribution is 2.29. The molecule has 1 heterocycles. The fourth-order valence-electron chi connectivity index (χ4n) is 2.07. The minimum atomic E-state index is -0.219. The summed E-state index contributed by atoms with van der Waals surface area (Å²) in [6, 6.07) is 4.82. The number of halogens is 2. The molecule has 0 amide bonds. The van der Waals surface area contributed by atoms with Crippen LogP contribution in [0.15, 0.2) is 28.1 Å². The second-order valence-electron chi connectivity index (χ2n) is 6.09. The van der Waals surface area contributed by atoms with E-state index >= 15 is 0 Å². The molecular weight excluding hydrogens is 351 g/mol. The zero-order valence-electron chi connectivity index (χ0n) is 12.7. The summed E-state index contributed by atoms with van der Waals surface area (Å²) >= 11 is 5.16. The molecule has 0 spiro atoms. The summed E-state index contributed by atoms with van der Waals surface area (Å²) in [5.41, 5.74) is 2.09. The highest BCUT2D eigenvalue weighted by atomic mass is 79.9. The fourth-order valence-corrected chi connectivity index (χ4v) is 3.66. The Morgan fingerprint density at radius 3 is 2.67 bits per heavy atom. The van der Waals surface area contributed by atoms with Gasteiger partial charge in [0, 0.05) is 27.7 Å². The van der Waals surface area contributed by atoms with Crippen molar-refractivity contribution in [2.75, 3.05) is 7.05 Å². The first-order valence-electron chi connectivity index (χ1n) is 6.88. The Morgan fingerprint density at radius 1 is 1.38 bits per heavy atom. The van der Waals surface area contributed by atoms with Crippen molar-refractivity contribution in [3.8, 4) is 0 Å². The lowest BCUT2D eigenvalue weighted by atomic mass is 9.93. The normalized spacial score (nSPS) is 13.4. The third-order valence-electron chi connectivity index (χ3n) is 3.38. The highest BCUT2D eigenvalue weighted by molar-refractivity contribution is 9.10. The summed E-state index contributed by atoms with van der Waals surface area (Å²) in [4.78, 5) is 4.72. The predicted octanol–water partition coefficient (Wildman–Crippen LogP) is 4.85. The largest absolute Gasteiger partial charge is 0.313 e. The van der Waals surface area contributed by atoms with Crippen molar-refractivity contribution in [3.63, 3.8) is 0 Å². The Hall–Kier alpha value is -0.780. The van der Waals surface area contributed by atoms with E-state index in [9.17, 15) is 4.39 Å². The first kappa shape index (κ1) is 16.6. The van der Waals surface area contributed by atoms with E-state index < -0.39 is 0 Å². The third kappa shape index (κ3) is 4.11. The molecule has 0 radical (unpaired) electrons. The van der Waals surface area contributed by atoms with Gasteiger partial charge in [-0.05, 0) is 30.8 Å². The molecular formula is C16H20BrFN2S. The number of hydrogen-bond acceptors (Lipinski definition) is 3. The molecule has 1 aromatic carbocycles. The van der Waals surface area contributed by atoms with E-state index in [2.05, 4.69) is 47.4 Å². The van der Waals surface area contributed by atoms with E-state index in [1.165, 1.54) is 6.07 Å². The average Bonchev–Trinajstić information content (AvgIpc) is 2.87. The molecule has 1 aromatic heterocycles. The molecule has 21 heavy (non-hydrogen) atoms. The van der Waals surface area contributed by atoms with E-state index in [-0.39, 0.29) is 17.3 Å². The molecule has 0 fully saturated rings. The molecule has 0 saturated heterocycles. The number of aromatic nitrogens is 1. The maximum atomic E-state index is 13.5. The summed E-state index contributed by atoms with van der Waals surface area (Å²) in [6.45, 7) is 6.47. The first-order chi connectivity index (χ1) is 9.81. The van der Waals surface area contributed by atoms with Gasteiger partial charge in [0.1, 0.15) is 5.82 Å². The number of benzene rings is 1. The summed E-state index contributed by atoms with van der Waals surface area (Å²) in [6.07, 6.45) is 0.749. The average molecular weight is 371 g/mol. The zero-order chi connectivity index (χ0) is 15.6. The predicted molar refractivity (Wildman–Crippen MR) is 90.4 cm³/mol. The molecule has 2 nitrogen and oxygen atoms in total. The highest BCUT2D eigenvalue weighted by Gasteiger charge is 2.20. The van der Waals surface area contributed by atoms with Gasteiger partial charge in [-0.2, -0.15) is 0 Å². The van der Waals surface area contributed by atoms with Crippen molar-refractivity contribution in [2.24, 2.45) is 0 Å². The van der Waals surface area contributed by atoms with Crippen molar-refractivity contribution in [2.45, 2.75) is 38.6 Å². The van der Waals surface area contributed by atoms with Gasteiger partial charge in [0.25, 0.3) is 0 Å². The molecule has 1 unspecified atom stereocenters. The maximum absolute atomic E-state index is 13.5. The van der Waals surface area contributed by atoms with Crippen molar-refractivity contribution >= 4 is 27.3 Å². The number of likely N-dealkylation sites (N-methyl/N-ethyl adjacent to an activating group) is 1. The molecule has 0 bridgehead atoms. The molecule has 2 rings (SSSR count). The summed E-state index contributed by atoms with van der Waals surface area (Å²) in [7, 11) is 1.89. The quantitative estimate of drug-likeness (QED) is 0.832. The van der Waals surface area contributed by atoms with Gasteiger partial charge in [-0.25, -0.2) is 9.37 Å². The van der Waals surface area contributed by atoms with Gasteiger partial charge in [-0.1, -0.05) is 36.7 Å². The van der Waals surface area contributed by atoms with Crippen LogP contribution in [0, 0.1) is 5.82 Å². The van der Waals surface area contributed by atoms with Crippen molar-refractivity contribution in [1.82, 2.24) is 10.3 Å². The molecule has 5 heteroatoms. The number of thiazole rings is 1. The second kappa shape index (κ2) is 6.55. The maximum Gasteiger partial charge on any atom is 0.123 e. The van der Waals surface area contributed by atoms with Crippen LogP contribution in [-0.4, -0.2) is 12.0 Å². The lowest BCUT2D eigenvalue weighted by Crippen LogP contribution is -2.20. The standard InChI is InChI=1S/C16H20BrFN2S/c1-16(2,3)14-9-21-15(20-14)8-13(19-4)11-7-10(18)5-6-12(11)17/h5-7,9,13,19H,8H2,1-4H3. The minimum absolute atomic E-state index is 0.0362. The molecule has 1 atom stereocenters. The van der Waals surface area contributed by atoms with Gasteiger partial charge in [-0.3, -0.25) is 0 Å². The number of nitrogens with zero attached hydrogens (tertiary/aromatic N) is 1. The van der Waals surface area contributed by atoms with E-state index in [1.54, 1.807) is 23.5 Å². The van der Waals surface area contributed by atoms with Crippen LogP contribution in [0.3, 0.4) is 0 Å². The number of nitrogens with one attached hydrogen (secondary N) is 1. The van der Waals surface area contributed by atoms with Crippen molar-refractivity contribution in [1.29, 1.82) is 0 Å². The van der Waals surface area contributed by atoms with Crippen molar-refractivity contribution in [3.05, 3.63) is 50.1 Å². The van der Waals surface area contributed by atoms with E-state index in [0.717, 1.165) is 27.2 Å². The molecule has 0 aliphatic rings. The Balaban J connectivity index is 2.23. The minimum Gasteiger partial charge on any atom is -0.313 e. The Morgan fingerprint density at radius 2 is 2.10 bits per heavy atom. The monoisotopic (exact) mass is 370 g/mol. The summed E-state index contributed by atoms with van der Waals surface area (Å²) in [5, 5.41) is 6.43. The van der Waals surface area contributed by atoms with Crippen LogP contribution < -0.4 is 5.32 Å². The van der Waals surface area contributed by atoms with Gasteiger partial charge in [0.05, 0.1) is 10.7 Å². The lowest BCUT2D eigenvalue weighted by Gasteiger charge is -2.17. The Bertz CT molecular complexity index is 619. The van der Waals surface area contributed by atoms with Crippen molar-refractivity contribution < 1.29 is 4.39 Å². The lowest BCUT2D eigenvalue weighted by molar-refractivity contribution is 0.556. The van der Waals surface area contributed by atoms with E-state index in [0.29, 0.717) is 0 Å². The number of rotatable bonds is 4. The topological polar surface area (TPSA) is 24.9 Å².